The minimum Gasteiger partial charge on any atom is -0.379 e. The van der Waals surface area contributed by atoms with Gasteiger partial charge in [-0.1, -0.05) is 13.0 Å². The van der Waals surface area contributed by atoms with Crippen molar-refractivity contribution in [3.8, 4) is 0 Å². The van der Waals surface area contributed by atoms with Gasteiger partial charge in [-0.3, -0.25) is 10.3 Å². The Morgan fingerprint density at radius 3 is 2.89 bits per heavy atom. The van der Waals surface area contributed by atoms with Gasteiger partial charge in [-0.25, -0.2) is 9.78 Å². The molecule has 1 saturated heterocycles. The van der Waals surface area contributed by atoms with E-state index in [4.69, 9.17) is 10.1 Å². The molecule has 1 saturated carbocycles. The van der Waals surface area contributed by atoms with Gasteiger partial charge in [0.2, 0.25) is 0 Å². The Hall–Kier alpha value is -2.58. The molecule has 1 aliphatic carbocycles. The van der Waals surface area contributed by atoms with E-state index >= 15 is 0 Å². The molecule has 148 valence electrons. The molecule has 0 atom stereocenters. The number of fused-ring (bicyclic) bond motifs is 1. The van der Waals surface area contributed by atoms with E-state index in [0.29, 0.717) is 18.0 Å². The summed E-state index contributed by atoms with van der Waals surface area (Å²) in [6.07, 6.45) is 2.52. The second-order valence-corrected chi connectivity index (χ2v) is 7.34. The first-order valence-electron chi connectivity index (χ1n) is 9.88. The van der Waals surface area contributed by atoms with E-state index in [-0.39, 0.29) is 17.8 Å². The van der Waals surface area contributed by atoms with Crippen LogP contribution in [0, 0.1) is 5.41 Å². The van der Waals surface area contributed by atoms with E-state index in [2.05, 4.69) is 37.3 Å². The Kier molecular flexibility index (Phi) is 5.50. The average molecular weight is 382 g/mol. The third kappa shape index (κ3) is 4.45. The number of aromatic amines is 1. The van der Waals surface area contributed by atoms with Crippen molar-refractivity contribution in [2.24, 2.45) is 4.99 Å². The molecule has 0 unspecified atom stereocenters. The van der Waals surface area contributed by atoms with Gasteiger partial charge in [-0.05, 0) is 37.0 Å². The van der Waals surface area contributed by atoms with Gasteiger partial charge in [0.25, 0.3) is 0 Å². The van der Waals surface area contributed by atoms with Gasteiger partial charge < -0.3 is 15.0 Å². The smallest absolute Gasteiger partial charge is 0.341 e. The van der Waals surface area contributed by atoms with Crippen LogP contribution in [-0.4, -0.2) is 64.7 Å². The normalized spacial score (nSPS) is 18.4. The van der Waals surface area contributed by atoms with Crippen molar-refractivity contribution in [3.63, 3.8) is 0 Å². The molecule has 2 amide bonds. The summed E-state index contributed by atoms with van der Waals surface area (Å²) in [5.74, 6) is 0.443. The van der Waals surface area contributed by atoms with Crippen molar-refractivity contribution in [2.75, 3.05) is 26.3 Å². The Labute approximate surface area is 163 Å². The van der Waals surface area contributed by atoms with Crippen LogP contribution in [0.2, 0.25) is 0 Å². The third-order valence-corrected chi connectivity index (χ3v) is 5.06. The molecule has 8 nitrogen and oxygen atoms in total. The van der Waals surface area contributed by atoms with Gasteiger partial charge in [-0.2, -0.15) is 4.99 Å². The molecule has 2 heterocycles. The molecular weight excluding hydrogens is 356 g/mol. The zero-order chi connectivity index (χ0) is 19.5. The first-order valence-corrected chi connectivity index (χ1v) is 9.88. The van der Waals surface area contributed by atoms with Crippen LogP contribution in [0.4, 0.5) is 4.79 Å². The Balaban J connectivity index is 1.50. The zero-order valence-corrected chi connectivity index (χ0v) is 16.1. The summed E-state index contributed by atoms with van der Waals surface area (Å²) in [5.41, 5.74) is 3.50. The summed E-state index contributed by atoms with van der Waals surface area (Å²) in [4.78, 5) is 26.2. The zero-order valence-electron chi connectivity index (χ0n) is 16.1. The number of H-pyrrole nitrogens is 1. The third-order valence-electron chi connectivity index (χ3n) is 5.06. The number of aliphatic imine (C=N–C) groups is 1. The van der Waals surface area contributed by atoms with Crippen LogP contribution in [0.25, 0.3) is 11.0 Å². The molecule has 0 bridgehead atoms. The quantitative estimate of drug-likeness (QED) is 0.667. The van der Waals surface area contributed by atoms with E-state index in [0.717, 1.165) is 56.7 Å². The van der Waals surface area contributed by atoms with Crippen LogP contribution < -0.4 is 5.32 Å². The van der Waals surface area contributed by atoms with Crippen molar-refractivity contribution in [2.45, 2.75) is 38.8 Å². The number of imidazole rings is 1. The largest absolute Gasteiger partial charge is 0.379 e. The fourth-order valence-corrected chi connectivity index (χ4v) is 3.30. The van der Waals surface area contributed by atoms with E-state index in [1.165, 1.54) is 5.56 Å². The van der Waals surface area contributed by atoms with Crippen molar-refractivity contribution >= 4 is 28.5 Å². The van der Waals surface area contributed by atoms with Crippen molar-refractivity contribution in [3.05, 3.63) is 29.6 Å². The summed E-state index contributed by atoms with van der Waals surface area (Å²) < 4.78 is 5.40. The molecule has 2 aliphatic rings. The Bertz CT molecular complexity index is 909. The number of aromatic nitrogens is 2. The number of nitrogens with zero attached hydrogens (tertiary/aromatic N) is 3. The van der Waals surface area contributed by atoms with Crippen LogP contribution >= 0.6 is 0 Å². The predicted octanol–water partition coefficient (Wildman–Crippen LogP) is 2.49. The number of nitrogens with one attached hydrogen (secondary N) is 3. The van der Waals surface area contributed by atoms with Crippen LogP contribution in [0.3, 0.4) is 0 Å². The first-order chi connectivity index (χ1) is 13.6. The number of urea groups is 1. The second kappa shape index (κ2) is 8.20. The van der Waals surface area contributed by atoms with E-state index in [1.807, 2.05) is 13.0 Å². The van der Waals surface area contributed by atoms with Gasteiger partial charge in [0.1, 0.15) is 5.71 Å². The average Bonchev–Trinajstić information content (AvgIpc) is 3.41. The standard InChI is InChI=1S/C20H26N6O2/c1-2-15(25-20(27)22-14-4-5-14)18(21)19-23-16-6-3-13(11-17(16)24-19)12-26-7-9-28-10-8-26/h3,6,11,14,21H,2,4-5,7-10,12H2,1H3,(H,22,27)(H,23,24). The molecule has 4 rings (SSSR count). The van der Waals surface area contributed by atoms with Crippen LogP contribution in [0.5, 0.6) is 0 Å². The number of hydrogen-bond acceptors (Lipinski definition) is 5. The fourth-order valence-electron chi connectivity index (χ4n) is 3.30. The lowest BCUT2D eigenvalue weighted by Crippen LogP contribution is -2.35. The van der Waals surface area contributed by atoms with Crippen LogP contribution in [0.15, 0.2) is 23.2 Å². The molecule has 2 fully saturated rings. The fraction of sp³-hybridized carbons (Fsp3) is 0.500. The highest BCUT2D eigenvalue weighted by Crippen LogP contribution is 2.19. The summed E-state index contributed by atoms with van der Waals surface area (Å²) in [5, 5.41) is 11.3. The monoisotopic (exact) mass is 382 g/mol. The lowest BCUT2D eigenvalue weighted by molar-refractivity contribution is 0.0342. The number of morpholine rings is 1. The summed E-state index contributed by atoms with van der Waals surface area (Å²) in [6, 6.07) is 6.01. The minimum absolute atomic E-state index is 0.166. The van der Waals surface area contributed by atoms with Gasteiger partial charge in [0.05, 0.1) is 30.0 Å². The molecule has 8 heteroatoms. The first kappa shape index (κ1) is 18.8. The number of amides is 2. The molecule has 0 spiro atoms. The molecule has 1 aromatic carbocycles. The molecule has 1 aromatic heterocycles. The maximum atomic E-state index is 12.0. The topological polar surface area (TPSA) is 106 Å². The molecule has 1 aliphatic heterocycles. The lowest BCUT2D eigenvalue weighted by Gasteiger charge is -2.26. The van der Waals surface area contributed by atoms with E-state index < -0.39 is 0 Å². The van der Waals surface area contributed by atoms with Gasteiger partial charge >= 0.3 is 6.03 Å². The number of carbonyl (C=O) groups excluding carboxylic acids is 1. The SMILES string of the molecule is CCC(=NC(=O)NC1CC1)C(=N)c1nc2ccc(CN3CCOCC3)cc2[nH]1. The Morgan fingerprint density at radius 1 is 1.39 bits per heavy atom. The maximum absolute atomic E-state index is 12.0. The second-order valence-electron chi connectivity index (χ2n) is 7.34. The van der Waals surface area contributed by atoms with E-state index in [1.54, 1.807) is 0 Å². The molecule has 3 N–H and O–H groups in total. The van der Waals surface area contributed by atoms with Crippen molar-refractivity contribution < 1.29 is 9.53 Å². The summed E-state index contributed by atoms with van der Waals surface area (Å²) in [6.45, 7) is 6.20. The number of carbonyl (C=O) groups is 1. The van der Waals surface area contributed by atoms with Crippen LogP contribution in [-0.2, 0) is 11.3 Å². The van der Waals surface area contributed by atoms with Crippen molar-refractivity contribution in [1.29, 1.82) is 5.41 Å². The maximum Gasteiger partial charge on any atom is 0.341 e. The summed E-state index contributed by atoms with van der Waals surface area (Å²) in [7, 11) is 0. The highest BCUT2D eigenvalue weighted by Gasteiger charge is 2.23. The number of benzene rings is 1. The van der Waals surface area contributed by atoms with E-state index in [9.17, 15) is 4.79 Å². The highest BCUT2D eigenvalue weighted by atomic mass is 16.5. The molecular formula is C20H26N6O2. The van der Waals surface area contributed by atoms with Gasteiger partial charge in [-0.15, -0.1) is 0 Å². The predicted molar refractivity (Wildman–Crippen MR) is 108 cm³/mol. The van der Waals surface area contributed by atoms with Gasteiger partial charge in [0.15, 0.2) is 5.82 Å². The number of rotatable bonds is 6. The minimum atomic E-state index is -0.368. The number of hydrogen-bond donors (Lipinski definition) is 3. The molecule has 28 heavy (non-hydrogen) atoms. The lowest BCUT2D eigenvalue weighted by atomic mass is 10.2. The summed E-state index contributed by atoms with van der Waals surface area (Å²) >= 11 is 0. The number of ether oxygens (including phenoxy) is 1. The Morgan fingerprint density at radius 2 is 2.18 bits per heavy atom. The van der Waals surface area contributed by atoms with Crippen LogP contribution in [0.1, 0.15) is 37.6 Å². The van der Waals surface area contributed by atoms with Gasteiger partial charge in [0, 0.05) is 25.7 Å². The highest BCUT2D eigenvalue weighted by molar-refractivity contribution is 6.47. The van der Waals surface area contributed by atoms with Crippen molar-refractivity contribution in [1.82, 2.24) is 20.2 Å². The molecule has 2 aromatic rings. The molecule has 0 radical (unpaired) electrons.